The fraction of sp³-hybridized carbons (Fsp3) is 0.440. The Morgan fingerprint density at radius 2 is 2.08 bits per heavy atom. The number of hydrogen-bond donors (Lipinski definition) is 4. The Labute approximate surface area is 227 Å². The van der Waals surface area contributed by atoms with Gasteiger partial charge in [0.25, 0.3) is 0 Å². The second-order valence-electron chi connectivity index (χ2n) is 10.6. The molecular formula is C25H32N4O6S3. The van der Waals surface area contributed by atoms with Crippen molar-refractivity contribution in [1.29, 1.82) is 0 Å². The molecule has 0 spiro atoms. The Hall–Kier alpha value is -2.42. The highest BCUT2D eigenvalue weighted by atomic mass is 32.3. The van der Waals surface area contributed by atoms with E-state index in [4.69, 9.17) is 4.74 Å². The van der Waals surface area contributed by atoms with Crippen molar-refractivity contribution in [3.8, 4) is 10.4 Å². The number of aromatic amines is 1. The number of rotatable bonds is 5. The number of nitrogens with one attached hydrogen (secondary N) is 2. The number of carbonyl (C=O) groups excluding carboxylic acids is 1. The molecule has 13 heteroatoms. The van der Waals surface area contributed by atoms with E-state index in [1.54, 1.807) is 23.2 Å². The van der Waals surface area contributed by atoms with E-state index in [2.05, 4.69) is 14.7 Å². The van der Waals surface area contributed by atoms with E-state index in [9.17, 15) is 22.3 Å². The van der Waals surface area contributed by atoms with Gasteiger partial charge in [-0.05, 0) is 69.9 Å². The van der Waals surface area contributed by atoms with Crippen molar-refractivity contribution in [2.75, 3.05) is 18.1 Å². The molecule has 1 saturated heterocycles. The normalized spacial score (nSPS) is 20.9. The number of ether oxygens (including phenoxy) is 1. The fourth-order valence-electron chi connectivity index (χ4n) is 4.64. The lowest BCUT2D eigenvalue weighted by Gasteiger charge is -2.28. The lowest BCUT2D eigenvalue weighted by Crippen LogP contribution is -2.35. The number of allylic oxidation sites excluding steroid dienone is 1. The molecule has 0 aromatic carbocycles. The molecule has 5 heterocycles. The van der Waals surface area contributed by atoms with Crippen molar-refractivity contribution in [2.45, 2.75) is 55.9 Å². The van der Waals surface area contributed by atoms with Gasteiger partial charge in [0, 0.05) is 52.3 Å². The van der Waals surface area contributed by atoms with Gasteiger partial charge in [0.15, 0.2) is 0 Å². The molecule has 3 aromatic heterocycles. The number of aromatic nitrogens is 2. The van der Waals surface area contributed by atoms with Gasteiger partial charge in [-0.25, -0.2) is 22.9 Å². The zero-order valence-corrected chi connectivity index (χ0v) is 23.9. The Bertz CT molecular complexity index is 1500. The minimum Gasteiger partial charge on any atom is -0.443 e. The number of H-pyrrole nitrogens is 1. The Morgan fingerprint density at radius 3 is 2.79 bits per heavy atom. The van der Waals surface area contributed by atoms with E-state index in [0.29, 0.717) is 18.6 Å². The van der Waals surface area contributed by atoms with Crippen LogP contribution in [0.25, 0.3) is 27.0 Å². The van der Waals surface area contributed by atoms with Crippen LogP contribution in [0.5, 0.6) is 0 Å². The van der Waals surface area contributed by atoms with Gasteiger partial charge in [-0.15, -0.1) is 11.3 Å². The largest absolute Gasteiger partial charge is 0.443 e. The number of amides is 1. The van der Waals surface area contributed by atoms with Crippen molar-refractivity contribution < 1.29 is 27.1 Å². The molecule has 1 amide bonds. The molecule has 1 atom stereocenters. The highest BCUT2D eigenvalue weighted by Gasteiger charge is 2.32. The van der Waals surface area contributed by atoms with Crippen molar-refractivity contribution >= 4 is 54.6 Å². The number of sulfonamides is 1. The van der Waals surface area contributed by atoms with E-state index in [1.165, 1.54) is 0 Å². The Balaban J connectivity index is 1.40. The molecule has 5 rings (SSSR count). The topological polar surface area (TPSA) is 145 Å². The standard InChI is InChI=1S/C25H32N4O6S3/c1-25(2,3)35-24(30)29-11-4-5-16(14-29)20-13-19-18(8-10-26-23(19)27-20)21-6-7-22(36-21)38(33,34)28-17-9-12-37(31,32)15-17/h6-8,10,13-14,17,28,31-32H,4-5,9,11-12,15H2,1-3H3,(H,26,27). The molecule has 2 aliphatic heterocycles. The van der Waals surface area contributed by atoms with E-state index < -0.39 is 32.3 Å². The molecule has 1 unspecified atom stereocenters. The van der Waals surface area contributed by atoms with Gasteiger partial charge in [-0.2, -0.15) is 10.6 Å². The number of pyridine rings is 1. The van der Waals surface area contributed by atoms with Gasteiger partial charge >= 0.3 is 6.09 Å². The monoisotopic (exact) mass is 580 g/mol. The maximum Gasteiger partial charge on any atom is 0.414 e. The molecule has 1 fully saturated rings. The van der Waals surface area contributed by atoms with E-state index >= 15 is 0 Å². The van der Waals surface area contributed by atoms with Crippen LogP contribution in [0.3, 0.4) is 0 Å². The van der Waals surface area contributed by atoms with Crippen LogP contribution in [-0.4, -0.2) is 68.2 Å². The maximum atomic E-state index is 13.0. The highest BCUT2D eigenvalue weighted by molar-refractivity contribution is 8.24. The van der Waals surface area contributed by atoms with Crippen LogP contribution in [0.15, 0.2) is 40.9 Å². The summed E-state index contributed by atoms with van der Waals surface area (Å²) in [6.45, 7) is 6.10. The predicted molar refractivity (Wildman–Crippen MR) is 151 cm³/mol. The summed E-state index contributed by atoms with van der Waals surface area (Å²) >= 11 is 1.15. The fourth-order valence-corrected chi connectivity index (χ4v) is 9.10. The summed E-state index contributed by atoms with van der Waals surface area (Å²) in [4.78, 5) is 22.8. The van der Waals surface area contributed by atoms with Gasteiger partial charge in [0.1, 0.15) is 15.5 Å². The molecule has 0 bridgehead atoms. The van der Waals surface area contributed by atoms with Crippen LogP contribution in [0.4, 0.5) is 4.79 Å². The first kappa shape index (κ1) is 27.2. The molecule has 38 heavy (non-hydrogen) atoms. The molecule has 4 N–H and O–H groups in total. The number of thiophene rings is 1. The van der Waals surface area contributed by atoms with Gasteiger partial charge in [-0.1, -0.05) is 0 Å². The van der Waals surface area contributed by atoms with Crippen molar-refractivity contribution in [2.24, 2.45) is 0 Å². The first-order valence-corrected chi connectivity index (χ1v) is 16.5. The van der Waals surface area contributed by atoms with Crippen LogP contribution >= 0.6 is 21.9 Å². The number of hydrogen-bond acceptors (Lipinski definition) is 8. The third-order valence-corrected chi connectivity index (χ3v) is 11.3. The van der Waals surface area contributed by atoms with Crippen LogP contribution < -0.4 is 4.72 Å². The number of fused-ring (bicyclic) bond motifs is 1. The molecular weight excluding hydrogens is 548 g/mol. The average Bonchev–Trinajstić information content (AvgIpc) is 3.56. The summed E-state index contributed by atoms with van der Waals surface area (Å²) in [6.07, 6.45) is 5.11. The molecule has 0 aliphatic carbocycles. The summed E-state index contributed by atoms with van der Waals surface area (Å²) in [5.41, 5.74) is 2.75. The van der Waals surface area contributed by atoms with Crippen LogP contribution in [0, 0.1) is 0 Å². The first-order valence-electron chi connectivity index (χ1n) is 12.3. The predicted octanol–water partition coefficient (Wildman–Crippen LogP) is 5.46. The smallest absolute Gasteiger partial charge is 0.414 e. The highest BCUT2D eigenvalue weighted by Crippen LogP contribution is 2.46. The van der Waals surface area contributed by atoms with E-state index in [1.807, 2.05) is 39.1 Å². The minimum atomic E-state index is -3.80. The van der Waals surface area contributed by atoms with Crippen LogP contribution in [-0.2, 0) is 14.8 Å². The molecule has 0 saturated carbocycles. The van der Waals surface area contributed by atoms with Gasteiger partial charge in [0.05, 0.1) is 5.75 Å². The molecule has 0 radical (unpaired) electrons. The van der Waals surface area contributed by atoms with E-state index in [0.717, 1.165) is 51.3 Å². The zero-order valence-electron chi connectivity index (χ0n) is 21.4. The van der Waals surface area contributed by atoms with Gasteiger partial charge in [0.2, 0.25) is 10.0 Å². The summed E-state index contributed by atoms with van der Waals surface area (Å²) in [5, 5.41) is 0.848. The molecule has 3 aromatic rings. The third-order valence-electron chi connectivity index (χ3n) is 6.36. The van der Waals surface area contributed by atoms with Gasteiger partial charge in [-0.3, -0.25) is 14.0 Å². The quantitative estimate of drug-likeness (QED) is 0.313. The van der Waals surface area contributed by atoms with Crippen LogP contribution in [0.2, 0.25) is 0 Å². The average molecular weight is 581 g/mol. The number of nitrogens with zero attached hydrogens (tertiary/aromatic N) is 2. The van der Waals surface area contributed by atoms with Crippen molar-refractivity contribution in [1.82, 2.24) is 19.6 Å². The SMILES string of the molecule is CC(C)(C)OC(=O)N1C=C(c2cc3c(-c4ccc(S(=O)(=O)NC5CCS(O)(O)C5)s4)ccnc3[nH]2)CCC1. The summed E-state index contributed by atoms with van der Waals surface area (Å²) in [7, 11) is -6.50. The van der Waals surface area contributed by atoms with Crippen LogP contribution in [0.1, 0.15) is 45.7 Å². The zero-order chi connectivity index (χ0) is 27.3. The second-order valence-corrected chi connectivity index (χ2v) is 16.0. The summed E-state index contributed by atoms with van der Waals surface area (Å²) in [5.74, 6) is 0.259. The minimum absolute atomic E-state index is 0.0444. The Kier molecular flexibility index (Phi) is 7.12. The summed E-state index contributed by atoms with van der Waals surface area (Å²) in [6, 6.07) is 6.69. The second kappa shape index (κ2) is 9.96. The molecule has 2 aliphatic rings. The Morgan fingerprint density at radius 1 is 1.29 bits per heavy atom. The summed E-state index contributed by atoms with van der Waals surface area (Å²) < 4.78 is 53.9. The first-order chi connectivity index (χ1) is 17.8. The van der Waals surface area contributed by atoms with Crippen molar-refractivity contribution in [3.63, 3.8) is 0 Å². The third kappa shape index (κ3) is 5.92. The number of carbonyl (C=O) groups is 1. The van der Waals surface area contributed by atoms with Gasteiger partial charge < -0.3 is 9.72 Å². The van der Waals surface area contributed by atoms with E-state index in [-0.39, 0.29) is 21.8 Å². The molecule has 206 valence electrons. The lowest BCUT2D eigenvalue weighted by atomic mass is 10.0. The van der Waals surface area contributed by atoms with Crippen molar-refractivity contribution in [3.05, 3.63) is 42.4 Å². The molecule has 10 nitrogen and oxygen atoms in total. The lowest BCUT2D eigenvalue weighted by molar-refractivity contribution is 0.0329. The maximum absolute atomic E-state index is 13.0.